The summed E-state index contributed by atoms with van der Waals surface area (Å²) in [5.74, 6) is 0.506. The monoisotopic (exact) mass is 334 g/mol. The van der Waals surface area contributed by atoms with Gasteiger partial charge in [-0.2, -0.15) is 0 Å². The standard InChI is InChI=1S/C22H26N2O/c1-15-10-16(2)12-18(11-15)22(8-9-22)21(25)24-13-19(20(23)14-24)17-6-4-3-5-7-17/h3-7,10-12,19-20H,8-9,13-14,23H2,1-2H3/t19-,20+/m0/s1. The average molecular weight is 334 g/mol. The van der Waals surface area contributed by atoms with E-state index in [1.54, 1.807) is 0 Å². The molecule has 0 radical (unpaired) electrons. The molecule has 0 spiro atoms. The first-order valence-corrected chi connectivity index (χ1v) is 9.18. The largest absolute Gasteiger partial charge is 0.340 e. The van der Waals surface area contributed by atoms with Crippen molar-refractivity contribution in [2.24, 2.45) is 5.73 Å². The summed E-state index contributed by atoms with van der Waals surface area (Å²) in [6.07, 6.45) is 1.91. The summed E-state index contributed by atoms with van der Waals surface area (Å²) in [7, 11) is 0. The molecular weight excluding hydrogens is 308 g/mol. The zero-order valence-corrected chi connectivity index (χ0v) is 15.0. The minimum atomic E-state index is -0.303. The molecule has 1 aliphatic heterocycles. The molecule has 2 aromatic carbocycles. The Balaban J connectivity index is 1.57. The van der Waals surface area contributed by atoms with Gasteiger partial charge in [0.1, 0.15) is 0 Å². The smallest absolute Gasteiger partial charge is 0.233 e. The van der Waals surface area contributed by atoms with Crippen LogP contribution in [0.3, 0.4) is 0 Å². The first kappa shape index (κ1) is 16.3. The van der Waals surface area contributed by atoms with Crippen molar-refractivity contribution in [2.75, 3.05) is 13.1 Å². The molecule has 1 amide bonds. The lowest BCUT2D eigenvalue weighted by molar-refractivity contribution is -0.133. The molecule has 25 heavy (non-hydrogen) atoms. The van der Waals surface area contributed by atoms with Gasteiger partial charge in [-0.15, -0.1) is 0 Å². The molecule has 4 rings (SSSR count). The summed E-state index contributed by atoms with van der Waals surface area (Å²) in [4.78, 5) is 15.4. The van der Waals surface area contributed by atoms with Gasteiger partial charge in [0.25, 0.3) is 0 Å². The van der Waals surface area contributed by atoms with Gasteiger partial charge >= 0.3 is 0 Å². The van der Waals surface area contributed by atoms with Crippen LogP contribution in [0.5, 0.6) is 0 Å². The number of benzene rings is 2. The number of likely N-dealkylation sites (tertiary alicyclic amines) is 1. The van der Waals surface area contributed by atoms with Gasteiger partial charge in [0.05, 0.1) is 5.41 Å². The van der Waals surface area contributed by atoms with E-state index in [0.717, 1.165) is 19.4 Å². The summed E-state index contributed by atoms with van der Waals surface area (Å²) >= 11 is 0. The van der Waals surface area contributed by atoms with Gasteiger partial charge in [-0.25, -0.2) is 0 Å². The van der Waals surface area contributed by atoms with Crippen molar-refractivity contribution in [3.63, 3.8) is 0 Å². The Labute approximate surface area is 149 Å². The van der Waals surface area contributed by atoms with Crippen LogP contribution in [0.25, 0.3) is 0 Å². The predicted molar refractivity (Wildman–Crippen MR) is 101 cm³/mol. The van der Waals surface area contributed by atoms with Crippen molar-refractivity contribution < 1.29 is 4.79 Å². The van der Waals surface area contributed by atoms with E-state index in [0.29, 0.717) is 6.54 Å². The highest BCUT2D eigenvalue weighted by Gasteiger charge is 2.54. The number of carbonyl (C=O) groups is 1. The van der Waals surface area contributed by atoms with E-state index in [-0.39, 0.29) is 23.3 Å². The number of hydrogen-bond donors (Lipinski definition) is 1. The molecule has 0 aromatic heterocycles. The third-order valence-electron chi connectivity index (χ3n) is 5.81. The number of nitrogens with two attached hydrogens (primary N) is 1. The van der Waals surface area contributed by atoms with Crippen LogP contribution in [0.15, 0.2) is 48.5 Å². The topological polar surface area (TPSA) is 46.3 Å². The molecule has 1 aliphatic carbocycles. The highest BCUT2D eigenvalue weighted by Crippen LogP contribution is 2.50. The Hall–Kier alpha value is -2.13. The van der Waals surface area contributed by atoms with Crippen molar-refractivity contribution in [1.82, 2.24) is 4.90 Å². The molecule has 3 nitrogen and oxygen atoms in total. The van der Waals surface area contributed by atoms with E-state index in [2.05, 4.69) is 44.2 Å². The Morgan fingerprint density at radius 1 is 1.04 bits per heavy atom. The fraction of sp³-hybridized carbons (Fsp3) is 0.409. The van der Waals surface area contributed by atoms with E-state index in [1.165, 1.54) is 22.3 Å². The van der Waals surface area contributed by atoms with E-state index in [1.807, 2.05) is 23.1 Å². The van der Waals surface area contributed by atoms with Gasteiger partial charge in [-0.3, -0.25) is 4.79 Å². The average Bonchev–Trinajstić information content (AvgIpc) is 3.31. The van der Waals surface area contributed by atoms with Crippen LogP contribution >= 0.6 is 0 Å². The van der Waals surface area contributed by atoms with Gasteiger partial charge in [0.15, 0.2) is 0 Å². The number of amides is 1. The van der Waals surface area contributed by atoms with E-state index in [9.17, 15) is 4.79 Å². The minimum absolute atomic E-state index is 0.0152. The van der Waals surface area contributed by atoms with Gasteiger partial charge in [-0.05, 0) is 37.8 Å². The van der Waals surface area contributed by atoms with Crippen LogP contribution in [0, 0.1) is 13.8 Å². The van der Waals surface area contributed by atoms with Crippen molar-refractivity contribution in [3.05, 3.63) is 70.8 Å². The Bertz CT molecular complexity index is 775. The molecule has 2 aromatic rings. The molecule has 2 aliphatic rings. The second kappa shape index (κ2) is 5.99. The lowest BCUT2D eigenvalue weighted by Gasteiger charge is -2.24. The van der Waals surface area contributed by atoms with Crippen LogP contribution in [-0.4, -0.2) is 29.9 Å². The third-order valence-corrected chi connectivity index (χ3v) is 5.81. The highest BCUT2D eigenvalue weighted by molar-refractivity contribution is 5.91. The van der Waals surface area contributed by atoms with Crippen molar-refractivity contribution in [2.45, 2.75) is 44.1 Å². The molecule has 2 N–H and O–H groups in total. The van der Waals surface area contributed by atoms with Crippen LogP contribution in [0.4, 0.5) is 0 Å². The summed E-state index contributed by atoms with van der Waals surface area (Å²) in [6, 6.07) is 16.9. The number of carbonyl (C=O) groups excluding carboxylic acids is 1. The van der Waals surface area contributed by atoms with Crippen LogP contribution in [-0.2, 0) is 10.2 Å². The molecule has 0 unspecified atom stereocenters. The summed E-state index contributed by atoms with van der Waals surface area (Å²) in [6.45, 7) is 5.60. The van der Waals surface area contributed by atoms with Gasteiger partial charge in [0.2, 0.25) is 5.91 Å². The molecule has 0 bridgehead atoms. The van der Waals surface area contributed by atoms with Gasteiger partial charge in [-0.1, -0.05) is 59.7 Å². The zero-order valence-electron chi connectivity index (χ0n) is 15.0. The van der Waals surface area contributed by atoms with Gasteiger partial charge < -0.3 is 10.6 Å². The van der Waals surface area contributed by atoms with Crippen molar-refractivity contribution in [1.29, 1.82) is 0 Å². The van der Waals surface area contributed by atoms with E-state index < -0.39 is 0 Å². The maximum absolute atomic E-state index is 13.3. The third kappa shape index (κ3) is 2.87. The fourth-order valence-electron chi connectivity index (χ4n) is 4.35. The normalized spacial score (nSPS) is 24.4. The summed E-state index contributed by atoms with van der Waals surface area (Å²) in [5, 5.41) is 0. The second-order valence-corrected chi connectivity index (χ2v) is 7.85. The second-order valence-electron chi connectivity index (χ2n) is 7.85. The van der Waals surface area contributed by atoms with Crippen LogP contribution in [0.1, 0.15) is 41.0 Å². The van der Waals surface area contributed by atoms with Crippen molar-refractivity contribution in [3.8, 4) is 0 Å². The quantitative estimate of drug-likeness (QED) is 0.936. The van der Waals surface area contributed by atoms with Crippen molar-refractivity contribution >= 4 is 5.91 Å². The maximum Gasteiger partial charge on any atom is 0.233 e. The lowest BCUT2D eigenvalue weighted by atomic mass is 9.91. The molecule has 1 saturated carbocycles. The minimum Gasteiger partial charge on any atom is -0.340 e. The molecular formula is C22H26N2O. The van der Waals surface area contributed by atoms with E-state index >= 15 is 0 Å². The fourth-order valence-corrected chi connectivity index (χ4v) is 4.35. The Morgan fingerprint density at radius 3 is 2.28 bits per heavy atom. The first-order chi connectivity index (χ1) is 12.0. The Kier molecular flexibility index (Phi) is 3.92. The first-order valence-electron chi connectivity index (χ1n) is 9.18. The molecule has 1 heterocycles. The maximum atomic E-state index is 13.3. The lowest BCUT2D eigenvalue weighted by Crippen LogP contribution is -2.39. The number of aryl methyl sites for hydroxylation is 2. The predicted octanol–water partition coefficient (Wildman–Crippen LogP) is 3.29. The Morgan fingerprint density at radius 2 is 1.68 bits per heavy atom. The molecule has 2 atom stereocenters. The number of hydrogen-bond acceptors (Lipinski definition) is 2. The highest BCUT2D eigenvalue weighted by atomic mass is 16.2. The van der Waals surface area contributed by atoms with E-state index in [4.69, 9.17) is 5.73 Å². The number of nitrogens with zero attached hydrogens (tertiary/aromatic N) is 1. The summed E-state index contributed by atoms with van der Waals surface area (Å²) < 4.78 is 0. The van der Waals surface area contributed by atoms with Gasteiger partial charge in [0, 0.05) is 25.0 Å². The van der Waals surface area contributed by atoms with Crippen LogP contribution in [0.2, 0.25) is 0 Å². The molecule has 1 saturated heterocycles. The molecule has 130 valence electrons. The molecule has 2 fully saturated rings. The molecule has 3 heteroatoms. The number of rotatable bonds is 3. The summed E-state index contributed by atoms with van der Waals surface area (Å²) in [5.41, 5.74) is 11.0. The zero-order chi connectivity index (χ0) is 17.6. The SMILES string of the molecule is Cc1cc(C)cc(C2(C(=O)N3C[C@@H](N)[C@H](c4ccccc4)C3)CC2)c1. The van der Waals surface area contributed by atoms with Crippen LogP contribution < -0.4 is 5.73 Å².